The molecular formula is C30H24ClN3O5. The lowest BCUT2D eigenvalue weighted by Gasteiger charge is -2.14. The van der Waals surface area contributed by atoms with E-state index in [1.54, 1.807) is 42.5 Å². The van der Waals surface area contributed by atoms with Crippen LogP contribution in [0.15, 0.2) is 90.6 Å². The molecule has 1 saturated heterocycles. The molecule has 0 aromatic heterocycles. The van der Waals surface area contributed by atoms with Crippen molar-refractivity contribution in [2.24, 2.45) is 0 Å². The van der Waals surface area contributed by atoms with Crippen LogP contribution in [0.1, 0.15) is 11.1 Å². The molecule has 4 aromatic rings. The van der Waals surface area contributed by atoms with Gasteiger partial charge in [-0.05, 0) is 52.7 Å². The Balaban J connectivity index is 1.39. The maximum atomic E-state index is 13.2. The van der Waals surface area contributed by atoms with Gasteiger partial charge >= 0.3 is 6.03 Å². The number of carbonyl (C=O) groups excluding carboxylic acids is 3. The van der Waals surface area contributed by atoms with Crippen LogP contribution >= 0.6 is 11.6 Å². The number of rotatable bonds is 8. The molecule has 1 fully saturated rings. The van der Waals surface area contributed by atoms with Crippen molar-refractivity contribution in [1.29, 1.82) is 0 Å². The lowest BCUT2D eigenvalue weighted by Crippen LogP contribution is -2.38. The summed E-state index contributed by atoms with van der Waals surface area (Å²) < 4.78 is 11.4. The quantitative estimate of drug-likeness (QED) is 0.223. The standard InChI is InChI=1S/C30H24ClN3O5/c1-38-27-9-5-4-8-24(27)32-28(35)17-34-29(36)25(33-30(34)37)16-23-22-7-3-2-6-20(22)12-15-26(23)39-18-19-10-13-21(31)14-11-19/h2-16H,17-18H2,1H3,(H,32,35)(H,33,37)/b25-16+. The summed E-state index contributed by atoms with van der Waals surface area (Å²) in [5, 5.41) is 7.68. The summed E-state index contributed by atoms with van der Waals surface area (Å²) in [5.41, 5.74) is 2.03. The average molecular weight is 542 g/mol. The lowest BCUT2D eigenvalue weighted by molar-refractivity contribution is -0.127. The molecule has 0 unspecified atom stereocenters. The molecule has 196 valence electrons. The van der Waals surface area contributed by atoms with Crippen molar-refractivity contribution in [1.82, 2.24) is 10.2 Å². The summed E-state index contributed by atoms with van der Waals surface area (Å²) in [4.78, 5) is 39.4. The van der Waals surface area contributed by atoms with Crippen molar-refractivity contribution < 1.29 is 23.9 Å². The zero-order chi connectivity index (χ0) is 27.4. The number of amides is 4. The van der Waals surface area contributed by atoms with Gasteiger partial charge in [0.05, 0.1) is 12.8 Å². The number of fused-ring (bicyclic) bond motifs is 1. The number of nitrogens with one attached hydrogen (secondary N) is 2. The fourth-order valence-electron chi connectivity index (χ4n) is 4.23. The number of imide groups is 1. The predicted molar refractivity (Wildman–Crippen MR) is 150 cm³/mol. The lowest BCUT2D eigenvalue weighted by atomic mass is 10.0. The van der Waals surface area contributed by atoms with E-state index >= 15 is 0 Å². The number of hydrogen-bond donors (Lipinski definition) is 2. The number of para-hydroxylation sites is 2. The van der Waals surface area contributed by atoms with Gasteiger partial charge in [0.2, 0.25) is 5.91 Å². The van der Waals surface area contributed by atoms with Crippen molar-refractivity contribution in [2.75, 3.05) is 19.0 Å². The number of methoxy groups -OCH3 is 1. The second kappa shape index (κ2) is 11.3. The van der Waals surface area contributed by atoms with Crippen LogP contribution in [-0.2, 0) is 16.2 Å². The molecule has 0 aliphatic carbocycles. The Labute approximate surface area is 229 Å². The monoisotopic (exact) mass is 541 g/mol. The first-order valence-corrected chi connectivity index (χ1v) is 12.5. The minimum Gasteiger partial charge on any atom is -0.495 e. The number of hydrogen-bond acceptors (Lipinski definition) is 5. The molecule has 1 aliphatic rings. The number of carbonyl (C=O) groups is 3. The van der Waals surface area contributed by atoms with Crippen LogP contribution in [-0.4, -0.2) is 36.4 Å². The van der Waals surface area contributed by atoms with E-state index in [0.29, 0.717) is 27.8 Å². The smallest absolute Gasteiger partial charge is 0.329 e. The van der Waals surface area contributed by atoms with Gasteiger partial charge in [0, 0.05) is 10.6 Å². The first kappa shape index (κ1) is 25.8. The Hall–Kier alpha value is -4.82. The highest BCUT2D eigenvalue weighted by molar-refractivity contribution is 6.30. The topological polar surface area (TPSA) is 97.0 Å². The molecule has 9 heteroatoms. The zero-order valence-electron chi connectivity index (χ0n) is 20.9. The van der Waals surface area contributed by atoms with Crippen molar-refractivity contribution in [3.63, 3.8) is 0 Å². The first-order chi connectivity index (χ1) is 18.9. The highest BCUT2D eigenvalue weighted by Gasteiger charge is 2.35. The maximum Gasteiger partial charge on any atom is 0.329 e. The number of anilines is 1. The number of urea groups is 1. The molecule has 8 nitrogen and oxygen atoms in total. The molecule has 0 radical (unpaired) electrons. The third-order valence-electron chi connectivity index (χ3n) is 6.17. The summed E-state index contributed by atoms with van der Waals surface area (Å²) in [6, 6.07) is 24.9. The van der Waals surface area contributed by atoms with Crippen molar-refractivity contribution in [3.8, 4) is 11.5 Å². The third-order valence-corrected chi connectivity index (χ3v) is 6.42. The van der Waals surface area contributed by atoms with E-state index in [-0.39, 0.29) is 12.3 Å². The van der Waals surface area contributed by atoms with E-state index in [0.717, 1.165) is 21.2 Å². The molecule has 39 heavy (non-hydrogen) atoms. The fourth-order valence-corrected chi connectivity index (χ4v) is 4.36. The number of nitrogens with zero attached hydrogens (tertiary/aromatic N) is 1. The van der Waals surface area contributed by atoms with E-state index in [1.165, 1.54) is 7.11 Å². The second-order valence-corrected chi connectivity index (χ2v) is 9.18. The minimum absolute atomic E-state index is 0.0396. The Morgan fingerprint density at radius 2 is 1.69 bits per heavy atom. The van der Waals surface area contributed by atoms with Gasteiger partial charge in [0.25, 0.3) is 5.91 Å². The summed E-state index contributed by atoms with van der Waals surface area (Å²) in [7, 11) is 1.49. The van der Waals surface area contributed by atoms with Gasteiger partial charge in [0.15, 0.2) is 0 Å². The summed E-state index contributed by atoms with van der Waals surface area (Å²) >= 11 is 5.99. The zero-order valence-corrected chi connectivity index (χ0v) is 21.7. The van der Waals surface area contributed by atoms with E-state index < -0.39 is 24.4 Å². The first-order valence-electron chi connectivity index (χ1n) is 12.1. The molecule has 0 bridgehead atoms. The van der Waals surface area contributed by atoms with Gasteiger partial charge < -0.3 is 20.1 Å². The molecule has 0 saturated carbocycles. The van der Waals surface area contributed by atoms with Gasteiger partial charge in [-0.1, -0.05) is 66.2 Å². The molecule has 4 aromatic carbocycles. The summed E-state index contributed by atoms with van der Waals surface area (Å²) in [6.45, 7) is -0.184. The molecule has 0 atom stereocenters. The molecular weight excluding hydrogens is 518 g/mol. The van der Waals surface area contributed by atoms with Crippen LogP contribution in [0.5, 0.6) is 11.5 Å². The summed E-state index contributed by atoms with van der Waals surface area (Å²) in [5.74, 6) is -0.163. The Morgan fingerprint density at radius 1 is 0.949 bits per heavy atom. The molecule has 2 N–H and O–H groups in total. The van der Waals surface area contributed by atoms with E-state index in [2.05, 4.69) is 10.6 Å². The van der Waals surface area contributed by atoms with Crippen LogP contribution in [0.2, 0.25) is 5.02 Å². The second-order valence-electron chi connectivity index (χ2n) is 8.74. The van der Waals surface area contributed by atoms with E-state index in [9.17, 15) is 14.4 Å². The Bertz CT molecular complexity index is 1600. The van der Waals surface area contributed by atoms with Crippen molar-refractivity contribution in [3.05, 3.63) is 107 Å². The van der Waals surface area contributed by atoms with Crippen LogP contribution in [0.25, 0.3) is 16.8 Å². The van der Waals surface area contributed by atoms with E-state index in [4.69, 9.17) is 21.1 Å². The maximum absolute atomic E-state index is 13.2. The average Bonchev–Trinajstić information content (AvgIpc) is 3.21. The van der Waals surface area contributed by atoms with Crippen molar-refractivity contribution >= 4 is 52.0 Å². The van der Waals surface area contributed by atoms with Crippen LogP contribution in [0, 0.1) is 0 Å². The van der Waals surface area contributed by atoms with Gasteiger partial charge in [-0.25, -0.2) is 9.69 Å². The van der Waals surface area contributed by atoms with Gasteiger partial charge in [0.1, 0.15) is 30.3 Å². The van der Waals surface area contributed by atoms with Gasteiger partial charge in [-0.2, -0.15) is 0 Å². The third kappa shape index (κ3) is 5.71. The largest absolute Gasteiger partial charge is 0.495 e. The fraction of sp³-hybridized carbons (Fsp3) is 0.100. The normalized spacial score (nSPS) is 14.0. The Kier molecular flexibility index (Phi) is 7.47. The van der Waals surface area contributed by atoms with Gasteiger partial charge in [-0.15, -0.1) is 0 Å². The van der Waals surface area contributed by atoms with Gasteiger partial charge in [-0.3, -0.25) is 9.59 Å². The van der Waals surface area contributed by atoms with Crippen molar-refractivity contribution in [2.45, 2.75) is 6.61 Å². The molecule has 1 heterocycles. The highest BCUT2D eigenvalue weighted by atomic mass is 35.5. The number of ether oxygens (including phenoxy) is 2. The molecule has 5 rings (SSSR count). The summed E-state index contributed by atoms with van der Waals surface area (Å²) in [6.07, 6.45) is 1.58. The highest BCUT2D eigenvalue weighted by Crippen LogP contribution is 2.32. The minimum atomic E-state index is -0.690. The number of halogens is 1. The van der Waals surface area contributed by atoms with Crippen LogP contribution in [0.4, 0.5) is 10.5 Å². The molecule has 1 aliphatic heterocycles. The molecule has 4 amide bonds. The predicted octanol–water partition coefficient (Wildman–Crippen LogP) is 5.61. The van der Waals surface area contributed by atoms with Crippen LogP contribution < -0.4 is 20.1 Å². The number of benzene rings is 4. The molecule has 0 spiro atoms. The van der Waals surface area contributed by atoms with E-state index in [1.807, 2.05) is 48.5 Å². The SMILES string of the molecule is COc1ccccc1NC(=O)CN1C(=O)N/C(=C/c2c(OCc3ccc(Cl)cc3)ccc3ccccc23)C1=O. The Morgan fingerprint density at radius 3 is 2.49 bits per heavy atom. The van der Waals surface area contributed by atoms with Crippen LogP contribution in [0.3, 0.4) is 0 Å².